The molecule has 0 radical (unpaired) electrons. The molecule has 1 heterocycles. The summed E-state index contributed by atoms with van der Waals surface area (Å²) >= 11 is 0. The van der Waals surface area contributed by atoms with E-state index in [1.807, 2.05) is 0 Å². The zero-order chi connectivity index (χ0) is 17.3. The van der Waals surface area contributed by atoms with E-state index in [1.54, 1.807) is 18.2 Å². The molecule has 1 aliphatic heterocycles. The van der Waals surface area contributed by atoms with Crippen molar-refractivity contribution < 1.29 is 26.4 Å². The zero-order valence-corrected chi connectivity index (χ0v) is 13.2. The highest BCUT2D eigenvalue weighted by Crippen LogP contribution is 2.32. The maximum absolute atomic E-state index is 12.9. The van der Waals surface area contributed by atoms with Crippen LogP contribution in [0.25, 0.3) is 0 Å². The average molecular weight is 350 g/mol. The lowest BCUT2D eigenvalue weighted by atomic mass is 9.98. The number of nitrogens with one attached hydrogen (secondary N) is 1. The van der Waals surface area contributed by atoms with Crippen LogP contribution in [0.1, 0.15) is 19.8 Å². The minimum Gasteiger partial charge on any atom is -0.329 e. The van der Waals surface area contributed by atoms with Crippen LogP contribution in [0.4, 0.5) is 13.2 Å². The second-order valence-corrected chi connectivity index (χ2v) is 7.15. The number of piperidine rings is 1. The third-order valence-corrected chi connectivity index (χ3v) is 5.28. The van der Waals surface area contributed by atoms with Gasteiger partial charge in [-0.05, 0) is 25.0 Å². The summed E-state index contributed by atoms with van der Waals surface area (Å²) in [6.07, 6.45) is -4.83. The van der Waals surface area contributed by atoms with Crippen LogP contribution >= 0.6 is 0 Å². The molecule has 1 aliphatic rings. The van der Waals surface area contributed by atoms with E-state index in [4.69, 9.17) is 0 Å². The van der Waals surface area contributed by atoms with Gasteiger partial charge in [-0.2, -0.15) is 13.2 Å². The van der Waals surface area contributed by atoms with Gasteiger partial charge in [-0.15, -0.1) is 0 Å². The summed E-state index contributed by atoms with van der Waals surface area (Å²) in [7, 11) is -3.83. The van der Waals surface area contributed by atoms with Gasteiger partial charge in [-0.1, -0.05) is 18.2 Å². The van der Waals surface area contributed by atoms with Crippen LogP contribution in [0, 0.1) is 0 Å². The van der Waals surface area contributed by atoms with Gasteiger partial charge in [-0.25, -0.2) is 13.1 Å². The first-order valence-electron chi connectivity index (χ1n) is 7.02. The van der Waals surface area contributed by atoms with E-state index in [2.05, 4.69) is 4.72 Å². The fourth-order valence-electron chi connectivity index (χ4n) is 2.64. The molecule has 1 aromatic carbocycles. The molecule has 5 nitrogen and oxygen atoms in total. The van der Waals surface area contributed by atoms with E-state index in [0.29, 0.717) is 4.90 Å². The highest BCUT2D eigenvalue weighted by atomic mass is 32.2. The van der Waals surface area contributed by atoms with Gasteiger partial charge in [0.15, 0.2) is 0 Å². The Hall–Kier alpha value is -1.61. The molecular weight excluding hydrogens is 333 g/mol. The molecule has 1 amide bonds. The Labute approximate surface area is 132 Å². The summed E-state index contributed by atoms with van der Waals surface area (Å²) in [5, 5.41) is 0. The van der Waals surface area contributed by atoms with Gasteiger partial charge < -0.3 is 4.90 Å². The number of carbonyl (C=O) groups is 1. The summed E-state index contributed by atoms with van der Waals surface area (Å²) in [6, 6.07) is 4.94. The van der Waals surface area contributed by atoms with E-state index >= 15 is 0 Å². The first kappa shape index (κ1) is 17.7. The Balaban J connectivity index is 2.13. The molecule has 0 spiro atoms. The summed E-state index contributed by atoms with van der Waals surface area (Å²) in [4.78, 5) is 12.2. The number of hydrogen-bond donors (Lipinski definition) is 1. The summed E-state index contributed by atoms with van der Waals surface area (Å²) in [5.74, 6) is -0.726. The quantitative estimate of drug-likeness (QED) is 0.906. The number of carbonyl (C=O) groups excluding carboxylic acids is 1. The molecular formula is C14H17F3N2O3S. The topological polar surface area (TPSA) is 66.5 Å². The largest absolute Gasteiger partial charge is 0.408 e. The molecule has 1 aromatic rings. The van der Waals surface area contributed by atoms with Crippen molar-refractivity contribution in [2.24, 2.45) is 0 Å². The molecule has 0 aromatic heterocycles. The second kappa shape index (κ2) is 6.48. The van der Waals surface area contributed by atoms with Crippen molar-refractivity contribution >= 4 is 15.9 Å². The summed E-state index contributed by atoms with van der Waals surface area (Å²) < 4.78 is 65.7. The molecule has 9 heteroatoms. The lowest BCUT2D eigenvalue weighted by Crippen LogP contribution is -2.57. The third-order valence-electron chi connectivity index (χ3n) is 3.74. The van der Waals surface area contributed by atoms with E-state index in [-0.39, 0.29) is 24.3 Å². The van der Waals surface area contributed by atoms with Gasteiger partial charge >= 0.3 is 6.18 Å². The Morgan fingerprint density at radius 1 is 1.22 bits per heavy atom. The lowest BCUT2D eigenvalue weighted by Gasteiger charge is -2.39. The number of hydrogen-bond acceptors (Lipinski definition) is 3. The van der Waals surface area contributed by atoms with Gasteiger partial charge in [0.1, 0.15) is 6.04 Å². The highest BCUT2D eigenvalue weighted by molar-refractivity contribution is 7.89. The molecule has 1 saturated heterocycles. The molecule has 0 aliphatic carbocycles. The van der Waals surface area contributed by atoms with Gasteiger partial charge in [0, 0.05) is 19.5 Å². The van der Waals surface area contributed by atoms with Crippen molar-refractivity contribution in [3.63, 3.8) is 0 Å². The standard InChI is InChI=1S/C14H17F3N2O3S/c1-10(20)19-9-11(7-8-13(19)14(15,16)17)18-23(21,22)12-5-3-2-4-6-12/h2-6,11,13,18H,7-9H2,1H3/t11-,13-/m1/s1. The van der Waals surface area contributed by atoms with E-state index in [0.717, 1.165) is 6.92 Å². The Morgan fingerprint density at radius 3 is 2.35 bits per heavy atom. The smallest absolute Gasteiger partial charge is 0.329 e. The van der Waals surface area contributed by atoms with E-state index in [9.17, 15) is 26.4 Å². The van der Waals surface area contributed by atoms with Crippen molar-refractivity contribution in [2.75, 3.05) is 6.54 Å². The van der Waals surface area contributed by atoms with Gasteiger partial charge in [0.2, 0.25) is 15.9 Å². The number of amides is 1. The predicted octanol–water partition coefficient (Wildman–Crippen LogP) is 1.91. The number of nitrogens with zero attached hydrogens (tertiary/aromatic N) is 1. The monoisotopic (exact) mass is 350 g/mol. The van der Waals surface area contributed by atoms with Crippen molar-refractivity contribution in [3.8, 4) is 0 Å². The number of rotatable bonds is 3. The van der Waals surface area contributed by atoms with Crippen LogP contribution < -0.4 is 4.72 Å². The first-order valence-corrected chi connectivity index (χ1v) is 8.51. The van der Waals surface area contributed by atoms with Crippen LogP contribution in [0.5, 0.6) is 0 Å². The maximum Gasteiger partial charge on any atom is 0.408 e. The van der Waals surface area contributed by atoms with Crippen LogP contribution in [0.2, 0.25) is 0 Å². The number of sulfonamides is 1. The lowest BCUT2D eigenvalue weighted by molar-refractivity contribution is -0.196. The van der Waals surface area contributed by atoms with Crippen molar-refractivity contribution in [2.45, 2.75) is 42.9 Å². The molecule has 1 N–H and O–H groups in total. The highest BCUT2D eigenvalue weighted by Gasteiger charge is 2.47. The van der Waals surface area contributed by atoms with E-state index < -0.39 is 34.2 Å². The van der Waals surface area contributed by atoms with E-state index in [1.165, 1.54) is 12.1 Å². The minimum atomic E-state index is -4.52. The molecule has 0 unspecified atom stereocenters. The van der Waals surface area contributed by atoms with Crippen LogP contribution in [0.15, 0.2) is 35.2 Å². The fraction of sp³-hybridized carbons (Fsp3) is 0.500. The molecule has 0 bridgehead atoms. The van der Waals surface area contributed by atoms with Crippen molar-refractivity contribution in [1.29, 1.82) is 0 Å². The van der Waals surface area contributed by atoms with Crippen LogP contribution in [-0.4, -0.2) is 44.0 Å². The zero-order valence-electron chi connectivity index (χ0n) is 12.4. The van der Waals surface area contributed by atoms with Crippen molar-refractivity contribution in [1.82, 2.24) is 9.62 Å². The second-order valence-electron chi connectivity index (χ2n) is 5.44. The van der Waals surface area contributed by atoms with Crippen molar-refractivity contribution in [3.05, 3.63) is 30.3 Å². The molecule has 1 fully saturated rings. The molecule has 2 atom stereocenters. The minimum absolute atomic E-state index is 0.0139. The normalized spacial score (nSPS) is 22.9. The predicted molar refractivity (Wildman–Crippen MR) is 77.0 cm³/mol. The summed E-state index contributed by atoms with van der Waals surface area (Å²) in [5.41, 5.74) is 0. The first-order chi connectivity index (χ1) is 10.6. The Morgan fingerprint density at radius 2 is 1.83 bits per heavy atom. The number of halogens is 3. The van der Waals surface area contributed by atoms with Crippen LogP contribution in [-0.2, 0) is 14.8 Å². The van der Waals surface area contributed by atoms with Crippen LogP contribution in [0.3, 0.4) is 0 Å². The number of likely N-dealkylation sites (tertiary alicyclic amines) is 1. The third kappa shape index (κ3) is 4.23. The maximum atomic E-state index is 12.9. The molecule has 0 saturated carbocycles. The molecule has 2 rings (SSSR count). The Kier molecular flexibility index (Phi) is 5.00. The molecule has 23 heavy (non-hydrogen) atoms. The molecule has 128 valence electrons. The fourth-order valence-corrected chi connectivity index (χ4v) is 3.93. The average Bonchev–Trinajstić information content (AvgIpc) is 2.46. The summed E-state index contributed by atoms with van der Waals surface area (Å²) in [6.45, 7) is 0.748. The van der Waals surface area contributed by atoms with Gasteiger partial charge in [-0.3, -0.25) is 4.79 Å². The SMILES string of the molecule is CC(=O)N1C[C@H](NS(=O)(=O)c2ccccc2)CC[C@@H]1C(F)(F)F. The Bertz CT molecular complexity index is 662. The number of alkyl halides is 3. The van der Waals surface area contributed by atoms with Gasteiger partial charge in [0.25, 0.3) is 0 Å². The number of benzene rings is 1. The van der Waals surface area contributed by atoms with Gasteiger partial charge in [0.05, 0.1) is 4.90 Å².